The fourth-order valence-corrected chi connectivity index (χ4v) is 2.37. The number of sulfonamides is 1. The second-order valence-corrected chi connectivity index (χ2v) is 5.88. The van der Waals surface area contributed by atoms with Gasteiger partial charge in [0.25, 0.3) is 0 Å². The SMILES string of the molecule is CCN(CCCNC(C)C(=O)NC)S(C)(=O)=O. The van der Waals surface area contributed by atoms with Crippen molar-refractivity contribution in [3.63, 3.8) is 0 Å². The zero-order chi connectivity index (χ0) is 13.5. The van der Waals surface area contributed by atoms with Crippen molar-refractivity contribution >= 4 is 15.9 Å². The third-order valence-corrected chi connectivity index (χ3v) is 3.88. The summed E-state index contributed by atoms with van der Waals surface area (Å²) in [6, 6.07) is -0.256. The van der Waals surface area contributed by atoms with Crippen LogP contribution >= 0.6 is 0 Å². The first-order valence-corrected chi connectivity index (χ1v) is 7.57. The Kier molecular flexibility index (Phi) is 7.33. The molecule has 0 fully saturated rings. The molecular weight excluding hydrogens is 242 g/mol. The highest BCUT2D eigenvalue weighted by atomic mass is 32.2. The first-order chi connectivity index (χ1) is 7.82. The lowest BCUT2D eigenvalue weighted by atomic mass is 10.3. The summed E-state index contributed by atoms with van der Waals surface area (Å²) in [7, 11) is -1.52. The van der Waals surface area contributed by atoms with E-state index in [1.165, 1.54) is 10.6 Å². The summed E-state index contributed by atoms with van der Waals surface area (Å²) in [5, 5.41) is 5.57. The smallest absolute Gasteiger partial charge is 0.236 e. The Bertz CT molecular complexity index is 330. The van der Waals surface area contributed by atoms with Gasteiger partial charge in [-0.2, -0.15) is 0 Å². The van der Waals surface area contributed by atoms with Gasteiger partial charge in [0.05, 0.1) is 12.3 Å². The normalized spacial score (nSPS) is 13.7. The van der Waals surface area contributed by atoms with Gasteiger partial charge in [-0.25, -0.2) is 12.7 Å². The molecule has 0 aliphatic heterocycles. The molecule has 1 unspecified atom stereocenters. The second-order valence-electron chi connectivity index (χ2n) is 3.90. The van der Waals surface area contributed by atoms with Crippen molar-refractivity contribution in [2.75, 3.05) is 32.9 Å². The summed E-state index contributed by atoms with van der Waals surface area (Å²) >= 11 is 0. The fourth-order valence-electron chi connectivity index (χ4n) is 1.44. The highest BCUT2D eigenvalue weighted by molar-refractivity contribution is 7.88. The van der Waals surface area contributed by atoms with E-state index < -0.39 is 10.0 Å². The van der Waals surface area contributed by atoms with Gasteiger partial charge in [0.2, 0.25) is 15.9 Å². The molecule has 102 valence electrons. The molecule has 2 N–H and O–H groups in total. The molecular formula is C10H23N3O3S. The molecule has 0 aromatic heterocycles. The number of rotatable bonds is 8. The summed E-state index contributed by atoms with van der Waals surface area (Å²) in [6.45, 7) is 5.14. The van der Waals surface area contributed by atoms with E-state index in [1.807, 2.05) is 6.92 Å². The molecule has 0 aromatic rings. The number of hydrogen-bond acceptors (Lipinski definition) is 4. The Hall–Kier alpha value is -0.660. The average Bonchev–Trinajstić information content (AvgIpc) is 2.25. The van der Waals surface area contributed by atoms with Gasteiger partial charge >= 0.3 is 0 Å². The van der Waals surface area contributed by atoms with E-state index in [2.05, 4.69) is 10.6 Å². The molecule has 7 heteroatoms. The lowest BCUT2D eigenvalue weighted by Gasteiger charge is -2.18. The van der Waals surface area contributed by atoms with Crippen LogP contribution in [0.15, 0.2) is 0 Å². The topological polar surface area (TPSA) is 78.5 Å². The second kappa shape index (κ2) is 7.62. The van der Waals surface area contributed by atoms with E-state index in [0.717, 1.165) is 0 Å². The van der Waals surface area contributed by atoms with Crippen molar-refractivity contribution in [3.05, 3.63) is 0 Å². The van der Waals surface area contributed by atoms with Crippen LogP contribution in [0.2, 0.25) is 0 Å². The predicted molar refractivity (Wildman–Crippen MR) is 68.2 cm³/mol. The zero-order valence-corrected chi connectivity index (χ0v) is 11.8. The van der Waals surface area contributed by atoms with Crippen LogP contribution in [-0.2, 0) is 14.8 Å². The number of nitrogens with one attached hydrogen (secondary N) is 2. The average molecular weight is 265 g/mol. The minimum atomic E-state index is -3.11. The maximum absolute atomic E-state index is 11.3. The van der Waals surface area contributed by atoms with Crippen LogP contribution in [0.3, 0.4) is 0 Å². The molecule has 0 saturated heterocycles. The van der Waals surface area contributed by atoms with Crippen LogP contribution in [0, 0.1) is 0 Å². The van der Waals surface area contributed by atoms with Crippen LogP contribution in [0.1, 0.15) is 20.3 Å². The number of nitrogens with zero attached hydrogens (tertiary/aromatic N) is 1. The highest BCUT2D eigenvalue weighted by Crippen LogP contribution is 1.98. The van der Waals surface area contributed by atoms with Gasteiger partial charge in [-0.1, -0.05) is 6.92 Å². The quantitative estimate of drug-likeness (QED) is 0.574. The highest BCUT2D eigenvalue weighted by Gasteiger charge is 2.14. The Morgan fingerprint density at radius 2 is 2.00 bits per heavy atom. The van der Waals surface area contributed by atoms with Gasteiger partial charge in [0.15, 0.2) is 0 Å². The van der Waals surface area contributed by atoms with E-state index in [9.17, 15) is 13.2 Å². The predicted octanol–water partition coefficient (Wildman–Crippen LogP) is -0.618. The van der Waals surface area contributed by atoms with Crippen LogP contribution in [-0.4, -0.2) is 57.6 Å². The molecule has 1 amide bonds. The fraction of sp³-hybridized carbons (Fsp3) is 0.900. The molecule has 0 bridgehead atoms. The van der Waals surface area contributed by atoms with Gasteiger partial charge in [0, 0.05) is 20.1 Å². The summed E-state index contributed by atoms with van der Waals surface area (Å²) in [5.41, 5.74) is 0. The van der Waals surface area contributed by atoms with Crippen LogP contribution in [0.4, 0.5) is 0 Å². The molecule has 0 heterocycles. The summed E-state index contributed by atoms with van der Waals surface area (Å²) in [4.78, 5) is 11.2. The molecule has 0 aliphatic rings. The third kappa shape index (κ3) is 6.60. The number of carbonyl (C=O) groups is 1. The number of likely N-dealkylation sites (N-methyl/N-ethyl adjacent to an activating group) is 1. The Labute approximate surface area is 104 Å². The van der Waals surface area contributed by atoms with Crippen molar-refractivity contribution in [2.45, 2.75) is 26.3 Å². The van der Waals surface area contributed by atoms with Gasteiger partial charge in [-0.3, -0.25) is 4.79 Å². The molecule has 0 spiro atoms. The first kappa shape index (κ1) is 16.3. The minimum absolute atomic E-state index is 0.0690. The van der Waals surface area contributed by atoms with Gasteiger partial charge in [-0.15, -0.1) is 0 Å². The van der Waals surface area contributed by atoms with E-state index in [0.29, 0.717) is 26.1 Å². The van der Waals surface area contributed by atoms with Crippen LogP contribution < -0.4 is 10.6 Å². The molecule has 6 nitrogen and oxygen atoms in total. The molecule has 0 aromatic carbocycles. The van der Waals surface area contributed by atoms with Crippen molar-refractivity contribution in [1.82, 2.24) is 14.9 Å². The number of amides is 1. The van der Waals surface area contributed by atoms with E-state index in [-0.39, 0.29) is 11.9 Å². The number of hydrogen-bond donors (Lipinski definition) is 2. The Morgan fingerprint density at radius 3 is 2.41 bits per heavy atom. The molecule has 0 saturated carbocycles. The minimum Gasteiger partial charge on any atom is -0.358 e. The summed E-state index contributed by atoms with van der Waals surface area (Å²) < 4.78 is 24.0. The van der Waals surface area contributed by atoms with Crippen LogP contribution in [0.25, 0.3) is 0 Å². The van der Waals surface area contributed by atoms with Crippen molar-refractivity contribution in [3.8, 4) is 0 Å². The Morgan fingerprint density at radius 1 is 1.41 bits per heavy atom. The summed E-state index contributed by atoms with van der Waals surface area (Å²) in [6.07, 6.45) is 1.89. The maximum atomic E-state index is 11.3. The van der Waals surface area contributed by atoms with Gasteiger partial charge in [-0.05, 0) is 19.9 Å². The van der Waals surface area contributed by atoms with Gasteiger partial charge < -0.3 is 10.6 Å². The lowest BCUT2D eigenvalue weighted by molar-refractivity contribution is -0.122. The first-order valence-electron chi connectivity index (χ1n) is 5.73. The van der Waals surface area contributed by atoms with Crippen molar-refractivity contribution < 1.29 is 13.2 Å². The van der Waals surface area contributed by atoms with Crippen LogP contribution in [0.5, 0.6) is 0 Å². The zero-order valence-electron chi connectivity index (χ0n) is 11.0. The lowest BCUT2D eigenvalue weighted by Crippen LogP contribution is -2.41. The molecule has 17 heavy (non-hydrogen) atoms. The summed E-state index contributed by atoms with van der Waals surface area (Å²) in [5.74, 6) is -0.0690. The molecule has 0 aliphatic carbocycles. The number of carbonyl (C=O) groups excluding carboxylic acids is 1. The monoisotopic (exact) mass is 265 g/mol. The van der Waals surface area contributed by atoms with E-state index >= 15 is 0 Å². The molecule has 1 atom stereocenters. The van der Waals surface area contributed by atoms with Crippen molar-refractivity contribution in [2.24, 2.45) is 0 Å². The molecule has 0 radical (unpaired) electrons. The Balaban J connectivity index is 3.88. The standard InChI is InChI=1S/C10H23N3O3S/c1-5-13(17(4,15)16)8-6-7-12-9(2)10(14)11-3/h9,12H,5-8H2,1-4H3,(H,11,14). The molecule has 0 rings (SSSR count). The van der Waals surface area contributed by atoms with Gasteiger partial charge in [0.1, 0.15) is 0 Å². The van der Waals surface area contributed by atoms with Crippen molar-refractivity contribution in [1.29, 1.82) is 0 Å². The largest absolute Gasteiger partial charge is 0.358 e. The maximum Gasteiger partial charge on any atom is 0.236 e. The van der Waals surface area contributed by atoms with E-state index in [4.69, 9.17) is 0 Å². The van der Waals surface area contributed by atoms with E-state index in [1.54, 1.807) is 14.0 Å². The third-order valence-electron chi connectivity index (χ3n) is 2.50.